The van der Waals surface area contributed by atoms with E-state index in [-0.39, 0.29) is 24.1 Å². The number of nitrogens with one attached hydrogen (secondary N) is 1. The number of piperidine rings is 1. The minimum atomic E-state index is -0.271. The van der Waals surface area contributed by atoms with Gasteiger partial charge in [-0.05, 0) is 32.3 Å². The van der Waals surface area contributed by atoms with Crippen LogP contribution in [0.3, 0.4) is 0 Å². The number of ether oxygens (including phenoxy) is 2. The summed E-state index contributed by atoms with van der Waals surface area (Å²) in [4.78, 5) is 31.5. The minimum Gasteiger partial charge on any atom is -0.496 e. The highest BCUT2D eigenvalue weighted by Gasteiger charge is 2.32. The van der Waals surface area contributed by atoms with Crippen LogP contribution in [-0.2, 0) is 4.74 Å². The van der Waals surface area contributed by atoms with Crippen LogP contribution in [-0.4, -0.2) is 98.8 Å². The Morgan fingerprint density at radius 1 is 1.27 bits per heavy atom. The number of hydrogen-bond acceptors (Lipinski definition) is 6. The molecular weight excluding hydrogens is 446 g/mol. The van der Waals surface area contributed by atoms with Crippen molar-refractivity contribution in [3.8, 4) is 5.75 Å². The molecule has 10 heteroatoms. The highest BCUT2D eigenvalue weighted by atomic mass is 35.5. The molecule has 2 heterocycles. The second-order valence-electron chi connectivity index (χ2n) is 8.64. The van der Waals surface area contributed by atoms with Gasteiger partial charge in [-0.1, -0.05) is 11.6 Å². The summed E-state index contributed by atoms with van der Waals surface area (Å²) in [6.45, 7) is 7.12. The molecule has 9 nitrogen and oxygen atoms in total. The van der Waals surface area contributed by atoms with Crippen molar-refractivity contribution in [1.29, 1.82) is 0 Å². The van der Waals surface area contributed by atoms with Crippen LogP contribution in [0.15, 0.2) is 12.1 Å². The van der Waals surface area contributed by atoms with Crippen LogP contribution in [0.4, 0.5) is 10.5 Å². The van der Waals surface area contributed by atoms with Gasteiger partial charge in [0.2, 0.25) is 0 Å². The Kier molecular flexibility index (Phi) is 9.05. The van der Waals surface area contributed by atoms with E-state index in [1.807, 2.05) is 18.9 Å². The normalized spacial score (nSPS) is 21.2. The van der Waals surface area contributed by atoms with E-state index in [4.69, 9.17) is 26.8 Å². The fraction of sp³-hybridized carbons (Fsp3) is 0.652. The van der Waals surface area contributed by atoms with E-state index in [1.165, 1.54) is 13.2 Å². The monoisotopic (exact) mass is 481 g/mol. The number of benzene rings is 1. The Balaban J connectivity index is 1.57. The van der Waals surface area contributed by atoms with Gasteiger partial charge in [-0.3, -0.25) is 9.69 Å². The smallest absolute Gasteiger partial charge is 0.319 e. The summed E-state index contributed by atoms with van der Waals surface area (Å²) in [5, 5.41) is 3.40. The molecule has 2 aliphatic heterocycles. The number of amides is 3. The molecule has 0 saturated carbocycles. The van der Waals surface area contributed by atoms with E-state index in [0.29, 0.717) is 41.7 Å². The maximum absolute atomic E-state index is 13.0. The van der Waals surface area contributed by atoms with Crippen LogP contribution in [0.1, 0.15) is 36.5 Å². The SMILES string of the molecule is CCOC1CN(CCN(C)C(=O)N2CCCC2)CCC1NC(=O)c1cc(Cl)c(N)cc1OC. The molecule has 184 valence electrons. The van der Waals surface area contributed by atoms with E-state index in [9.17, 15) is 9.59 Å². The molecule has 0 aliphatic carbocycles. The van der Waals surface area contributed by atoms with Crippen LogP contribution in [0.25, 0.3) is 0 Å². The third kappa shape index (κ3) is 6.43. The molecule has 2 atom stereocenters. The zero-order valence-electron chi connectivity index (χ0n) is 19.8. The van der Waals surface area contributed by atoms with Crippen LogP contribution >= 0.6 is 11.6 Å². The number of likely N-dealkylation sites (N-methyl/N-ethyl adjacent to an activating group) is 1. The maximum Gasteiger partial charge on any atom is 0.319 e. The zero-order valence-corrected chi connectivity index (χ0v) is 20.6. The fourth-order valence-corrected chi connectivity index (χ4v) is 4.59. The Bertz CT molecular complexity index is 833. The number of halogens is 1. The van der Waals surface area contributed by atoms with Gasteiger partial charge in [0.25, 0.3) is 5.91 Å². The first-order chi connectivity index (χ1) is 15.8. The largest absolute Gasteiger partial charge is 0.496 e. The van der Waals surface area contributed by atoms with Crippen molar-refractivity contribution in [1.82, 2.24) is 20.0 Å². The van der Waals surface area contributed by atoms with Gasteiger partial charge in [0.1, 0.15) is 5.75 Å². The Labute approximate surface area is 201 Å². The van der Waals surface area contributed by atoms with Crippen molar-refractivity contribution < 1.29 is 19.1 Å². The number of nitrogen functional groups attached to an aromatic ring is 1. The summed E-state index contributed by atoms with van der Waals surface area (Å²) in [6, 6.07) is 3.05. The van der Waals surface area contributed by atoms with Gasteiger partial charge < -0.3 is 30.3 Å². The molecule has 1 aromatic carbocycles. The highest BCUT2D eigenvalue weighted by Crippen LogP contribution is 2.29. The lowest BCUT2D eigenvalue weighted by Gasteiger charge is -2.39. The molecule has 1 aromatic rings. The van der Waals surface area contributed by atoms with Crippen molar-refractivity contribution in [2.75, 3.05) is 65.8 Å². The average molecular weight is 482 g/mol. The standard InChI is InChI=1S/C23H36ClN5O4/c1-4-33-21-15-28(12-11-27(2)23(31)29-8-5-6-9-29)10-7-19(21)26-22(30)16-13-17(24)18(25)14-20(16)32-3/h13-14,19,21H,4-12,15,25H2,1-3H3,(H,26,30). The molecule has 0 radical (unpaired) electrons. The van der Waals surface area contributed by atoms with E-state index < -0.39 is 0 Å². The third-order valence-electron chi connectivity index (χ3n) is 6.36. The van der Waals surface area contributed by atoms with Gasteiger partial charge in [-0.25, -0.2) is 4.79 Å². The summed E-state index contributed by atoms with van der Waals surface area (Å²) < 4.78 is 11.3. The number of nitrogens with zero attached hydrogens (tertiary/aromatic N) is 3. The predicted molar refractivity (Wildman–Crippen MR) is 129 cm³/mol. The molecular formula is C23H36ClN5O4. The molecule has 33 heavy (non-hydrogen) atoms. The van der Waals surface area contributed by atoms with E-state index in [0.717, 1.165) is 45.4 Å². The average Bonchev–Trinajstić information content (AvgIpc) is 3.35. The molecule has 0 aromatic heterocycles. The first-order valence-electron chi connectivity index (χ1n) is 11.6. The van der Waals surface area contributed by atoms with Crippen molar-refractivity contribution >= 4 is 29.2 Å². The number of nitrogens with two attached hydrogens (primary N) is 1. The van der Waals surface area contributed by atoms with E-state index >= 15 is 0 Å². The van der Waals surface area contributed by atoms with Gasteiger partial charge in [0.05, 0.1) is 35.5 Å². The van der Waals surface area contributed by atoms with Gasteiger partial charge in [-0.2, -0.15) is 0 Å². The minimum absolute atomic E-state index is 0.104. The third-order valence-corrected chi connectivity index (χ3v) is 6.69. The van der Waals surface area contributed by atoms with Crippen LogP contribution in [0, 0.1) is 0 Å². The Morgan fingerprint density at radius 3 is 2.67 bits per heavy atom. The number of methoxy groups -OCH3 is 1. The Morgan fingerprint density at radius 2 is 2.00 bits per heavy atom. The zero-order chi connectivity index (χ0) is 24.0. The van der Waals surface area contributed by atoms with Crippen molar-refractivity contribution in [2.24, 2.45) is 0 Å². The van der Waals surface area contributed by atoms with Crippen molar-refractivity contribution in [2.45, 2.75) is 38.3 Å². The first kappa shape index (κ1) is 25.4. The predicted octanol–water partition coefficient (Wildman–Crippen LogP) is 2.29. The number of anilines is 1. The highest BCUT2D eigenvalue weighted by molar-refractivity contribution is 6.33. The number of urea groups is 1. The fourth-order valence-electron chi connectivity index (χ4n) is 4.43. The first-order valence-corrected chi connectivity index (χ1v) is 12.0. The van der Waals surface area contributed by atoms with Gasteiger partial charge in [0.15, 0.2) is 0 Å². The molecule has 2 aliphatic rings. The van der Waals surface area contributed by atoms with E-state index in [1.54, 1.807) is 11.0 Å². The summed E-state index contributed by atoms with van der Waals surface area (Å²) >= 11 is 6.13. The van der Waals surface area contributed by atoms with Crippen molar-refractivity contribution in [3.05, 3.63) is 22.7 Å². The summed E-state index contributed by atoms with van der Waals surface area (Å²) in [5.74, 6) is 0.110. The second kappa shape index (κ2) is 11.8. The van der Waals surface area contributed by atoms with Gasteiger partial charge in [-0.15, -0.1) is 0 Å². The number of hydrogen-bond donors (Lipinski definition) is 2. The molecule has 0 spiro atoms. The molecule has 3 rings (SSSR count). The topological polar surface area (TPSA) is 100 Å². The lowest BCUT2D eigenvalue weighted by molar-refractivity contribution is -0.0164. The molecule has 3 amide bonds. The summed E-state index contributed by atoms with van der Waals surface area (Å²) in [5.41, 5.74) is 6.54. The number of carbonyl (C=O) groups is 2. The van der Waals surface area contributed by atoms with E-state index in [2.05, 4.69) is 10.2 Å². The lowest BCUT2D eigenvalue weighted by atomic mass is 10.0. The lowest BCUT2D eigenvalue weighted by Crippen LogP contribution is -2.56. The molecule has 2 saturated heterocycles. The maximum atomic E-state index is 13.0. The van der Waals surface area contributed by atoms with Crippen molar-refractivity contribution in [3.63, 3.8) is 0 Å². The molecule has 2 unspecified atom stereocenters. The second-order valence-corrected chi connectivity index (χ2v) is 9.04. The molecule has 0 bridgehead atoms. The number of likely N-dealkylation sites (tertiary alicyclic amines) is 2. The number of carbonyl (C=O) groups excluding carboxylic acids is 2. The summed E-state index contributed by atoms with van der Waals surface area (Å²) in [6.07, 6.45) is 2.76. The van der Waals surface area contributed by atoms with Gasteiger partial charge >= 0.3 is 6.03 Å². The van der Waals surface area contributed by atoms with Crippen LogP contribution < -0.4 is 15.8 Å². The molecule has 2 fully saturated rings. The van der Waals surface area contributed by atoms with Crippen LogP contribution in [0.5, 0.6) is 5.75 Å². The quantitative estimate of drug-likeness (QED) is 0.552. The Hall–Kier alpha value is -2.23. The number of rotatable bonds is 8. The molecule has 3 N–H and O–H groups in total. The summed E-state index contributed by atoms with van der Waals surface area (Å²) in [7, 11) is 3.35. The van der Waals surface area contributed by atoms with Crippen LogP contribution in [0.2, 0.25) is 5.02 Å². The van der Waals surface area contributed by atoms with Gasteiger partial charge in [0, 0.05) is 59.0 Å².